The van der Waals surface area contributed by atoms with Gasteiger partial charge in [0.05, 0.1) is 16.2 Å². The SMILES string of the molecule is O=C(CCc1ccc(P(=O)(O)O)cc1)c1cc(P(=O)(O)O)ccc1O. The van der Waals surface area contributed by atoms with Gasteiger partial charge in [-0.1, -0.05) is 12.1 Å². The Balaban J connectivity index is 2.13. The molecule has 134 valence electrons. The second-order valence-corrected chi connectivity index (χ2v) is 8.59. The normalized spacial score (nSPS) is 12.2. The summed E-state index contributed by atoms with van der Waals surface area (Å²) in [6.07, 6.45) is 0.188. The largest absolute Gasteiger partial charge is 0.507 e. The van der Waals surface area contributed by atoms with Crippen LogP contribution in [0.1, 0.15) is 22.3 Å². The topological polar surface area (TPSA) is 152 Å². The van der Waals surface area contributed by atoms with Crippen LogP contribution in [0.2, 0.25) is 0 Å². The highest BCUT2D eigenvalue weighted by Gasteiger charge is 2.21. The molecule has 5 N–H and O–H groups in total. The first-order chi connectivity index (χ1) is 11.5. The van der Waals surface area contributed by atoms with Gasteiger partial charge in [0, 0.05) is 6.42 Å². The second kappa shape index (κ2) is 7.22. The Morgan fingerprint density at radius 3 is 1.88 bits per heavy atom. The van der Waals surface area contributed by atoms with Crippen molar-refractivity contribution in [3.63, 3.8) is 0 Å². The maximum Gasteiger partial charge on any atom is 0.356 e. The number of Topliss-reactive ketones (excluding diaryl/α,β-unsaturated/α-hetero) is 1. The number of ketones is 1. The van der Waals surface area contributed by atoms with E-state index in [2.05, 4.69) is 0 Å². The van der Waals surface area contributed by atoms with Crippen molar-refractivity contribution < 1.29 is 38.6 Å². The minimum Gasteiger partial charge on any atom is -0.507 e. The Kier molecular flexibility index (Phi) is 5.64. The summed E-state index contributed by atoms with van der Waals surface area (Å²) in [6.45, 7) is 0. The van der Waals surface area contributed by atoms with Crippen LogP contribution in [0.3, 0.4) is 0 Å². The Bertz CT molecular complexity index is 879. The molecule has 8 nitrogen and oxygen atoms in total. The number of hydrogen-bond acceptors (Lipinski definition) is 4. The lowest BCUT2D eigenvalue weighted by Crippen LogP contribution is -2.09. The van der Waals surface area contributed by atoms with Gasteiger partial charge >= 0.3 is 15.2 Å². The molecule has 0 spiro atoms. The van der Waals surface area contributed by atoms with E-state index in [0.717, 1.165) is 18.2 Å². The predicted molar refractivity (Wildman–Crippen MR) is 90.6 cm³/mol. The fourth-order valence-corrected chi connectivity index (χ4v) is 3.28. The van der Waals surface area contributed by atoms with E-state index in [1.165, 1.54) is 24.3 Å². The monoisotopic (exact) mass is 386 g/mol. The molecule has 0 fully saturated rings. The van der Waals surface area contributed by atoms with Gasteiger partial charge in [0.25, 0.3) is 0 Å². The molecule has 0 aromatic heterocycles. The number of carbonyl (C=O) groups excluding carboxylic acids is 1. The fraction of sp³-hybridized carbons (Fsp3) is 0.133. The van der Waals surface area contributed by atoms with Crippen LogP contribution in [0.25, 0.3) is 0 Å². The molecule has 0 saturated carbocycles. The van der Waals surface area contributed by atoms with Crippen LogP contribution in [0.5, 0.6) is 5.75 Å². The fourth-order valence-electron chi connectivity index (χ4n) is 2.18. The van der Waals surface area contributed by atoms with Crippen molar-refractivity contribution in [2.24, 2.45) is 0 Å². The third kappa shape index (κ3) is 5.09. The molecule has 0 amide bonds. The molecule has 0 aliphatic carbocycles. The molecule has 0 saturated heterocycles. The molecular weight excluding hydrogens is 370 g/mol. The molecular formula is C15H16O8P2. The van der Waals surface area contributed by atoms with Crippen molar-refractivity contribution in [2.45, 2.75) is 12.8 Å². The lowest BCUT2D eigenvalue weighted by atomic mass is 10.0. The standard InChI is InChI=1S/C15H16O8P2/c16-14(13-9-12(25(21,22)23)6-8-15(13)17)7-3-10-1-4-11(5-2-10)24(18,19)20/h1-2,4-6,8-9,17H,3,7H2,(H2,18,19,20)(H2,21,22,23). The third-order valence-electron chi connectivity index (χ3n) is 3.53. The van der Waals surface area contributed by atoms with Crippen LogP contribution in [-0.2, 0) is 15.6 Å². The highest BCUT2D eigenvalue weighted by atomic mass is 31.2. The van der Waals surface area contributed by atoms with Gasteiger partial charge < -0.3 is 24.7 Å². The Hall–Kier alpha value is -1.79. The summed E-state index contributed by atoms with van der Waals surface area (Å²) in [4.78, 5) is 48.6. The van der Waals surface area contributed by atoms with Gasteiger partial charge in [0.15, 0.2) is 5.78 Å². The molecule has 2 aromatic carbocycles. The molecule has 0 radical (unpaired) electrons. The van der Waals surface area contributed by atoms with Crippen molar-refractivity contribution in [2.75, 3.05) is 0 Å². The number of hydrogen-bond donors (Lipinski definition) is 5. The van der Waals surface area contributed by atoms with E-state index in [1.54, 1.807) is 0 Å². The van der Waals surface area contributed by atoms with Crippen LogP contribution in [0.15, 0.2) is 42.5 Å². The first-order valence-electron chi connectivity index (χ1n) is 7.06. The summed E-state index contributed by atoms with van der Waals surface area (Å²) in [6, 6.07) is 8.57. The maximum absolute atomic E-state index is 12.2. The van der Waals surface area contributed by atoms with Crippen molar-refractivity contribution >= 4 is 31.6 Å². The number of phenolic OH excluding ortho intramolecular Hbond substituents is 1. The highest BCUT2D eigenvalue weighted by molar-refractivity contribution is 7.60. The smallest absolute Gasteiger partial charge is 0.356 e. The minimum absolute atomic E-state index is 0.0482. The Morgan fingerprint density at radius 2 is 1.36 bits per heavy atom. The lowest BCUT2D eigenvalue weighted by Gasteiger charge is -2.09. The Morgan fingerprint density at radius 1 is 0.840 bits per heavy atom. The summed E-state index contributed by atoms with van der Waals surface area (Å²) in [5.74, 6) is -0.883. The van der Waals surface area contributed by atoms with Gasteiger partial charge in [-0.2, -0.15) is 0 Å². The maximum atomic E-state index is 12.2. The van der Waals surface area contributed by atoms with Gasteiger partial charge in [0.1, 0.15) is 5.75 Å². The zero-order chi connectivity index (χ0) is 18.8. The van der Waals surface area contributed by atoms with Gasteiger partial charge in [-0.3, -0.25) is 13.9 Å². The highest BCUT2D eigenvalue weighted by Crippen LogP contribution is 2.35. The number of aromatic hydroxyl groups is 1. The first kappa shape index (κ1) is 19.5. The third-order valence-corrected chi connectivity index (χ3v) is 5.45. The van der Waals surface area contributed by atoms with Gasteiger partial charge in [-0.05, 0) is 42.3 Å². The van der Waals surface area contributed by atoms with E-state index in [1.807, 2.05) is 0 Å². The van der Waals surface area contributed by atoms with E-state index < -0.39 is 21.0 Å². The molecule has 0 bridgehead atoms. The number of aryl methyl sites for hydroxylation is 1. The van der Waals surface area contributed by atoms with Crippen LogP contribution in [0, 0.1) is 0 Å². The van der Waals surface area contributed by atoms with Crippen LogP contribution >= 0.6 is 15.2 Å². The zero-order valence-corrected chi connectivity index (χ0v) is 14.6. The number of benzene rings is 2. The van der Waals surface area contributed by atoms with E-state index in [0.29, 0.717) is 5.56 Å². The van der Waals surface area contributed by atoms with Crippen molar-refractivity contribution in [1.29, 1.82) is 0 Å². The number of rotatable bonds is 6. The zero-order valence-electron chi connectivity index (χ0n) is 12.8. The first-order valence-corrected chi connectivity index (χ1v) is 10.3. The predicted octanol–water partition coefficient (Wildman–Crippen LogP) is 0.814. The molecule has 25 heavy (non-hydrogen) atoms. The summed E-state index contributed by atoms with van der Waals surface area (Å²) < 4.78 is 22.3. The molecule has 2 aromatic rings. The lowest BCUT2D eigenvalue weighted by molar-refractivity contribution is 0.0980. The van der Waals surface area contributed by atoms with E-state index in [4.69, 9.17) is 19.6 Å². The van der Waals surface area contributed by atoms with Gasteiger partial charge in [-0.15, -0.1) is 0 Å². The number of phenols is 1. The molecule has 0 heterocycles. The average Bonchev–Trinajstić information content (AvgIpc) is 2.51. The van der Waals surface area contributed by atoms with Gasteiger partial charge in [0.2, 0.25) is 0 Å². The van der Waals surface area contributed by atoms with Gasteiger partial charge in [-0.25, -0.2) is 0 Å². The van der Waals surface area contributed by atoms with Crippen molar-refractivity contribution in [3.8, 4) is 5.75 Å². The quantitative estimate of drug-likeness (QED) is 0.361. The summed E-state index contributed by atoms with van der Waals surface area (Å²) in [5.41, 5.74) is 0.462. The summed E-state index contributed by atoms with van der Waals surface area (Å²) in [5, 5.41) is 9.24. The van der Waals surface area contributed by atoms with Crippen LogP contribution < -0.4 is 10.6 Å². The Labute approximate surface area is 143 Å². The van der Waals surface area contributed by atoms with E-state index >= 15 is 0 Å². The van der Waals surface area contributed by atoms with Crippen molar-refractivity contribution in [1.82, 2.24) is 0 Å². The van der Waals surface area contributed by atoms with E-state index in [9.17, 15) is 19.0 Å². The molecule has 0 aliphatic rings. The summed E-state index contributed by atoms with van der Waals surface area (Å²) >= 11 is 0. The summed E-state index contributed by atoms with van der Waals surface area (Å²) in [7, 11) is -8.87. The second-order valence-electron chi connectivity index (χ2n) is 5.38. The van der Waals surface area contributed by atoms with Crippen molar-refractivity contribution in [3.05, 3.63) is 53.6 Å². The molecule has 10 heteroatoms. The van der Waals surface area contributed by atoms with Crippen LogP contribution in [-0.4, -0.2) is 30.5 Å². The average molecular weight is 386 g/mol. The molecule has 0 unspecified atom stereocenters. The molecule has 0 aliphatic heterocycles. The van der Waals surface area contributed by atoms with E-state index in [-0.39, 0.29) is 34.8 Å². The molecule has 0 atom stereocenters. The van der Waals surface area contributed by atoms with Crippen LogP contribution in [0.4, 0.5) is 0 Å². The minimum atomic E-state index is -4.54. The number of carbonyl (C=O) groups is 1. The molecule has 2 rings (SSSR count).